The minimum absolute atomic E-state index is 0.222. The SMILES string of the molecule is CC(C)=NO[C@@H]1[C@@H](C)C2(C)OC1(C)[C@H]1C(=O)N(c3ccc(C#N)c(C(F)(F)F)c3)C(=O)[C@H]12. The highest BCUT2D eigenvalue weighted by Crippen LogP contribution is 2.64. The number of carbonyl (C=O) groups is 2. The van der Waals surface area contributed by atoms with E-state index in [2.05, 4.69) is 5.16 Å². The molecule has 1 aromatic carbocycles. The first-order valence-corrected chi connectivity index (χ1v) is 10.1. The van der Waals surface area contributed by atoms with Crippen LogP contribution in [0.3, 0.4) is 0 Å². The number of nitrogens with zero attached hydrogens (tertiary/aromatic N) is 3. The van der Waals surface area contributed by atoms with Gasteiger partial charge < -0.3 is 9.57 Å². The molecule has 10 heteroatoms. The standard InChI is InChI=1S/C22H22F3N3O4/c1-10(2)27-31-17-11(3)20(4)15-16(21(17,5)32-20)19(30)28(18(15)29)13-7-6-12(9-26)14(8-13)22(23,24)25/h6-8,11,15-17H,1-5H3/t11-,15+,16-,17-,20?,21?/m1/s1. The van der Waals surface area contributed by atoms with Crippen LogP contribution in [0, 0.1) is 29.1 Å². The summed E-state index contributed by atoms with van der Waals surface area (Å²) in [7, 11) is 0. The molecule has 0 radical (unpaired) electrons. The number of ether oxygens (including phenoxy) is 1. The van der Waals surface area contributed by atoms with Gasteiger partial charge in [0, 0.05) is 5.92 Å². The second-order valence-corrected chi connectivity index (χ2v) is 9.13. The minimum atomic E-state index is -4.81. The fourth-order valence-electron chi connectivity index (χ4n) is 5.45. The van der Waals surface area contributed by atoms with Gasteiger partial charge in [0.25, 0.3) is 0 Å². The molecule has 7 nitrogen and oxygen atoms in total. The predicted octanol–water partition coefficient (Wildman–Crippen LogP) is 3.66. The number of hydrogen-bond donors (Lipinski definition) is 0. The van der Waals surface area contributed by atoms with E-state index in [1.807, 2.05) is 6.92 Å². The minimum Gasteiger partial charge on any atom is -0.389 e. The van der Waals surface area contributed by atoms with Crippen molar-refractivity contribution in [3.63, 3.8) is 0 Å². The first kappa shape index (κ1) is 22.3. The Labute approximate surface area is 182 Å². The zero-order valence-corrected chi connectivity index (χ0v) is 18.1. The van der Waals surface area contributed by atoms with Crippen LogP contribution in [0.1, 0.15) is 45.7 Å². The van der Waals surface area contributed by atoms with Crippen LogP contribution in [0.15, 0.2) is 23.4 Å². The first-order chi connectivity index (χ1) is 14.8. The van der Waals surface area contributed by atoms with E-state index in [0.29, 0.717) is 11.8 Å². The Morgan fingerprint density at radius 2 is 1.78 bits per heavy atom. The van der Waals surface area contributed by atoms with Gasteiger partial charge in [0.2, 0.25) is 11.8 Å². The van der Waals surface area contributed by atoms with Gasteiger partial charge in [-0.3, -0.25) is 9.59 Å². The van der Waals surface area contributed by atoms with Gasteiger partial charge in [0.15, 0.2) is 6.10 Å². The summed E-state index contributed by atoms with van der Waals surface area (Å²) in [6.07, 6.45) is -5.43. The Morgan fingerprint density at radius 1 is 1.19 bits per heavy atom. The molecule has 1 aromatic rings. The zero-order chi connectivity index (χ0) is 23.8. The summed E-state index contributed by atoms with van der Waals surface area (Å²) in [5, 5.41) is 13.0. The maximum absolute atomic E-state index is 13.4. The molecule has 0 aromatic heterocycles. The number of anilines is 1. The van der Waals surface area contributed by atoms with Gasteiger partial charge in [-0.15, -0.1) is 0 Å². The van der Waals surface area contributed by atoms with E-state index < -0.39 is 58.3 Å². The fourth-order valence-corrected chi connectivity index (χ4v) is 5.45. The van der Waals surface area contributed by atoms with E-state index >= 15 is 0 Å². The maximum atomic E-state index is 13.4. The van der Waals surface area contributed by atoms with E-state index in [9.17, 15) is 22.8 Å². The van der Waals surface area contributed by atoms with Crippen LogP contribution in [0.5, 0.6) is 0 Å². The smallest absolute Gasteiger partial charge is 0.389 e. The summed E-state index contributed by atoms with van der Waals surface area (Å²) < 4.78 is 46.6. The number of nitriles is 1. The fraction of sp³-hybridized carbons (Fsp3) is 0.545. The average molecular weight is 449 g/mol. The van der Waals surface area contributed by atoms with Gasteiger partial charge in [-0.1, -0.05) is 12.1 Å². The third-order valence-electron chi connectivity index (χ3n) is 6.94. The van der Waals surface area contributed by atoms with Crippen LogP contribution in [0.25, 0.3) is 0 Å². The highest BCUT2D eigenvalue weighted by molar-refractivity contribution is 6.23. The molecule has 170 valence electrons. The summed E-state index contributed by atoms with van der Waals surface area (Å²) in [5.74, 6) is -3.38. The molecular weight excluding hydrogens is 427 g/mol. The van der Waals surface area contributed by atoms with Gasteiger partial charge in [-0.2, -0.15) is 18.4 Å². The van der Waals surface area contributed by atoms with E-state index in [-0.39, 0.29) is 11.6 Å². The van der Waals surface area contributed by atoms with Gasteiger partial charge in [0.1, 0.15) is 5.60 Å². The summed E-state index contributed by atoms with van der Waals surface area (Å²) in [6, 6.07) is 4.32. The summed E-state index contributed by atoms with van der Waals surface area (Å²) >= 11 is 0. The molecule has 2 bridgehead atoms. The lowest BCUT2D eigenvalue weighted by Crippen LogP contribution is -2.54. The lowest BCUT2D eigenvalue weighted by molar-refractivity contribution is -0.138. The lowest BCUT2D eigenvalue weighted by atomic mass is 9.63. The predicted molar refractivity (Wildman–Crippen MR) is 106 cm³/mol. The molecule has 3 heterocycles. The number of carbonyl (C=O) groups excluding carboxylic acids is 2. The average Bonchev–Trinajstić information content (AvgIpc) is 3.19. The second-order valence-electron chi connectivity index (χ2n) is 9.13. The molecule has 3 aliphatic heterocycles. The van der Waals surface area contributed by atoms with E-state index in [1.54, 1.807) is 27.7 Å². The molecule has 4 rings (SSSR count). The first-order valence-electron chi connectivity index (χ1n) is 10.1. The van der Waals surface area contributed by atoms with Crippen molar-refractivity contribution in [2.45, 2.75) is 58.1 Å². The van der Waals surface area contributed by atoms with Crippen LogP contribution in [-0.4, -0.2) is 34.8 Å². The van der Waals surface area contributed by atoms with Crippen molar-refractivity contribution in [2.24, 2.45) is 22.9 Å². The Morgan fingerprint density at radius 3 is 2.31 bits per heavy atom. The third kappa shape index (κ3) is 2.80. The monoisotopic (exact) mass is 449 g/mol. The number of amides is 2. The molecule has 3 saturated heterocycles. The van der Waals surface area contributed by atoms with Crippen LogP contribution in [-0.2, 0) is 25.3 Å². The van der Waals surface area contributed by atoms with Crippen LogP contribution < -0.4 is 4.90 Å². The van der Waals surface area contributed by atoms with Gasteiger partial charge in [-0.05, 0) is 45.9 Å². The van der Waals surface area contributed by atoms with E-state index in [1.165, 1.54) is 12.1 Å². The number of imide groups is 1. The van der Waals surface area contributed by atoms with Gasteiger partial charge in [0.05, 0.1) is 46.0 Å². The van der Waals surface area contributed by atoms with E-state index in [4.69, 9.17) is 14.8 Å². The Balaban J connectivity index is 1.78. The number of fused-ring (bicyclic) bond motifs is 5. The summed E-state index contributed by atoms with van der Waals surface area (Å²) in [5.41, 5.74) is -3.58. The molecule has 0 saturated carbocycles. The number of benzene rings is 1. The second kappa shape index (κ2) is 6.78. The molecule has 32 heavy (non-hydrogen) atoms. The number of oxime groups is 1. The van der Waals surface area contributed by atoms with Crippen molar-refractivity contribution >= 4 is 23.2 Å². The van der Waals surface area contributed by atoms with Crippen LogP contribution >= 0.6 is 0 Å². The van der Waals surface area contributed by atoms with Gasteiger partial charge >= 0.3 is 6.18 Å². The summed E-state index contributed by atoms with van der Waals surface area (Å²) in [4.78, 5) is 33.3. The maximum Gasteiger partial charge on any atom is 0.417 e. The number of hydrogen-bond acceptors (Lipinski definition) is 6. The van der Waals surface area contributed by atoms with Crippen LogP contribution in [0.4, 0.5) is 18.9 Å². The van der Waals surface area contributed by atoms with Crippen LogP contribution in [0.2, 0.25) is 0 Å². The van der Waals surface area contributed by atoms with Crippen molar-refractivity contribution in [3.8, 4) is 6.07 Å². The molecular formula is C22H22F3N3O4. The van der Waals surface area contributed by atoms with Gasteiger partial charge in [-0.25, -0.2) is 4.90 Å². The lowest BCUT2D eigenvalue weighted by Gasteiger charge is -2.38. The van der Waals surface area contributed by atoms with Crippen molar-refractivity contribution in [3.05, 3.63) is 29.3 Å². The quantitative estimate of drug-likeness (QED) is 0.399. The highest BCUT2D eigenvalue weighted by Gasteiger charge is 2.79. The molecule has 6 atom stereocenters. The molecule has 0 aliphatic carbocycles. The van der Waals surface area contributed by atoms with Crippen molar-refractivity contribution in [1.29, 1.82) is 5.26 Å². The molecule has 0 spiro atoms. The highest BCUT2D eigenvalue weighted by atomic mass is 19.4. The number of alkyl halides is 3. The zero-order valence-electron chi connectivity index (χ0n) is 18.1. The topological polar surface area (TPSA) is 92.0 Å². The summed E-state index contributed by atoms with van der Waals surface area (Å²) in [6.45, 7) is 8.75. The molecule has 3 aliphatic rings. The van der Waals surface area contributed by atoms with E-state index in [0.717, 1.165) is 11.0 Å². The number of halogens is 3. The largest absolute Gasteiger partial charge is 0.417 e. The Kier molecular flexibility index (Phi) is 4.72. The molecule has 3 fully saturated rings. The Bertz CT molecular complexity index is 1090. The van der Waals surface area contributed by atoms with Crippen molar-refractivity contribution in [2.75, 3.05) is 4.90 Å². The Hall–Kier alpha value is -2.93. The number of rotatable bonds is 3. The third-order valence-corrected chi connectivity index (χ3v) is 6.94. The van der Waals surface area contributed by atoms with Crippen molar-refractivity contribution < 1.29 is 32.3 Å². The van der Waals surface area contributed by atoms with Crippen molar-refractivity contribution in [1.82, 2.24) is 0 Å². The molecule has 2 unspecified atom stereocenters. The normalized spacial score (nSPS) is 35.7. The molecule has 2 amide bonds. The molecule has 0 N–H and O–H groups in total.